The van der Waals surface area contributed by atoms with E-state index < -0.39 is 24.0 Å². The molecule has 1 aromatic heterocycles. The summed E-state index contributed by atoms with van der Waals surface area (Å²) < 4.78 is 56.0. The zero-order valence-electron chi connectivity index (χ0n) is 12.7. The summed E-state index contributed by atoms with van der Waals surface area (Å²) >= 11 is 0. The molecule has 0 radical (unpaired) electrons. The quantitative estimate of drug-likeness (QED) is 0.783. The number of hydrogen-bond acceptors (Lipinski definition) is 5. The fourth-order valence-electron chi connectivity index (χ4n) is 2.32. The van der Waals surface area contributed by atoms with Crippen LogP contribution in [0, 0.1) is 5.82 Å². The van der Waals surface area contributed by atoms with Crippen LogP contribution < -0.4 is 4.74 Å². The van der Waals surface area contributed by atoms with Crippen LogP contribution >= 0.6 is 0 Å². The topological polar surface area (TPSA) is 50.1 Å². The second-order valence-electron chi connectivity index (χ2n) is 5.44. The molecule has 1 unspecified atom stereocenters. The molecule has 0 spiro atoms. The van der Waals surface area contributed by atoms with Crippen molar-refractivity contribution < 1.29 is 22.3 Å². The van der Waals surface area contributed by atoms with Crippen molar-refractivity contribution in [3.05, 3.63) is 42.0 Å². The summed E-state index contributed by atoms with van der Waals surface area (Å²) in [6.07, 6.45) is 0.677. The summed E-state index contributed by atoms with van der Waals surface area (Å²) in [6.45, 7) is 1.40. The Balaban J connectivity index is 1.79. The average Bonchev–Trinajstić information content (AvgIpc) is 2.55. The molecule has 9 heteroatoms. The number of ether oxygens (including phenoxy) is 1. The van der Waals surface area contributed by atoms with E-state index in [2.05, 4.69) is 20.1 Å². The van der Waals surface area contributed by atoms with Crippen molar-refractivity contribution in [3.8, 4) is 5.88 Å². The third-order valence-electron chi connectivity index (χ3n) is 3.70. The number of aromatic nitrogens is 1. The van der Waals surface area contributed by atoms with Crippen molar-refractivity contribution in [1.29, 1.82) is 0 Å². The molecular formula is C15H14F4N4O. The predicted molar refractivity (Wildman–Crippen MR) is 77.4 cm³/mol. The molecule has 2 aliphatic rings. The van der Waals surface area contributed by atoms with E-state index in [1.54, 1.807) is 17.3 Å². The zero-order chi connectivity index (χ0) is 17.3. The highest BCUT2D eigenvalue weighted by Gasteiger charge is 2.38. The van der Waals surface area contributed by atoms with Gasteiger partial charge in [0.2, 0.25) is 0 Å². The Morgan fingerprint density at radius 2 is 2.17 bits per heavy atom. The van der Waals surface area contributed by atoms with Gasteiger partial charge in [0.05, 0.1) is 12.6 Å². The minimum absolute atomic E-state index is 0.0201. The standard InChI is InChI=1S/C15H14F4N4O/c1-9(15(17,18)19)24-14-13(16)7-11(8-20-14)10-3-5-23-12(6-10)2-4-21-22-23/h3,5-9,12H,2,4H2,1H3/t9-,12?/m0/s1. The summed E-state index contributed by atoms with van der Waals surface area (Å²) in [7, 11) is 0. The summed E-state index contributed by atoms with van der Waals surface area (Å²) in [6, 6.07) is 1.13. The molecule has 1 aromatic rings. The molecule has 3 heterocycles. The number of fused-ring (bicyclic) bond motifs is 1. The number of halogens is 4. The maximum Gasteiger partial charge on any atom is 0.425 e. The molecule has 0 N–H and O–H groups in total. The highest BCUT2D eigenvalue weighted by Crippen LogP contribution is 2.29. The van der Waals surface area contributed by atoms with Crippen LogP contribution in [0.4, 0.5) is 17.6 Å². The number of pyridine rings is 1. The predicted octanol–water partition coefficient (Wildman–Crippen LogP) is 3.90. The Kier molecular flexibility index (Phi) is 4.25. The van der Waals surface area contributed by atoms with E-state index in [1.807, 2.05) is 6.08 Å². The highest BCUT2D eigenvalue weighted by molar-refractivity contribution is 5.75. The molecule has 24 heavy (non-hydrogen) atoms. The number of nitrogens with zero attached hydrogens (tertiary/aromatic N) is 4. The van der Waals surface area contributed by atoms with Gasteiger partial charge in [-0.15, -0.1) is 0 Å². The van der Waals surface area contributed by atoms with Crippen LogP contribution in [0.25, 0.3) is 5.57 Å². The van der Waals surface area contributed by atoms with E-state index in [0.717, 1.165) is 25.0 Å². The van der Waals surface area contributed by atoms with E-state index in [9.17, 15) is 17.6 Å². The monoisotopic (exact) mass is 342 g/mol. The van der Waals surface area contributed by atoms with Crippen LogP contribution in [-0.2, 0) is 0 Å². The SMILES string of the molecule is C[C@H](Oc1ncc(C2=CC3CCN=NN3C=C2)cc1F)C(F)(F)F. The maximum absolute atomic E-state index is 14.0. The molecule has 0 amide bonds. The molecule has 0 saturated carbocycles. The molecule has 0 saturated heterocycles. The van der Waals surface area contributed by atoms with Crippen LogP contribution in [0.3, 0.4) is 0 Å². The fraction of sp³-hybridized carbons (Fsp3) is 0.400. The van der Waals surface area contributed by atoms with Crippen molar-refractivity contribution in [2.24, 2.45) is 10.3 Å². The first-order chi connectivity index (χ1) is 11.3. The van der Waals surface area contributed by atoms with Gasteiger partial charge in [0.25, 0.3) is 5.88 Å². The van der Waals surface area contributed by atoms with Crippen LogP contribution in [0.2, 0.25) is 0 Å². The first-order valence-corrected chi connectivity index (χ1v) is 7.29. The summed E-state index contributed by atoms with van der Waals surface area (Å²) in [4.78, 5) is 3.68. The van der Waals surface area contributed by atoms with E-state index in [0.29, 0.717) is 12.1 Å². The van der Waals surface area contributed by atoms with Crippen molar-refractivity contribution in [3.63, 3.8) is 0 Å². The zero-order valence-corrected chi connectivity index (χ0v) is 12.7. The van der Waals surface area contributed by atoms with Gasteiger partial charge in [0.15, 0.2) is 11.9 Å². The fourth-order valence-corrected chi connectivity index (χ4v) is 2.32. The molecule has 0 aromatic carbocycles. The average molecular weight is 342 g/mol. The smallest absolute Gasteiger partial charge is 0.425 e. The number of allylic oxidation sites excluding steroid dienone is 2. The van der Waals surface area contributed by atoms with Gasteiger partial charge in [-0.3, -0.25) is 0 Å². The largest absolute Gasteiger partial charge is 0.463 e. The molecule has 5 nitrogen and oxygen atoms in total. The van der Waals surface area contributed by atoms with Gasteiger partial charge in [-0.2, -0.15) is 18.3 Å². The van der Waals surface area contributed by atoms with Crippen LogP contribution in [0.1, 0.15) is 18.9 Å². The lowest BCUT2D eigenvalue weighted by Crippen LogP contribution is -2.31. The van der Waals surface area contributed by atoms with Gasteiger partial charge in [-0.25, -0.2) is 14.4 Å². The van der Waals surface area contributed by atoms with Crippen LogP contribution in [0.5, 0.6) is 5.88 Å². The van der Waals surface area contributed by atoms with Crippen molar-refractivity contribution >= 4 is 5.57 Å². The molecular weight excluding hydrogens is 328 g/mol. The van der Waals surface area contributed by atoms with Gasteiger partial charge in [0, 0.05) is 18.0 Å². The normalized spacial score (nSPS) is 21.3. The minimum Gasteiger partial charge on any atom is -0.463 e. The van der Waals surface area contributed by atoms with Gasteiger partial charge in [-0.1, -0.05) is 11.3 Å². The Morgan fingerprint density at radius 1 is 1.38 bits per heavy atom. The second kappa shape index (κ2) is 6.21. The third kappa shape index (κ3) is 3.39. The number of alkyl halides is 3. The summed E-state index contributed by atoms with van der Waals surface area (Å²) in [5.41, 5.74) is 1.17. The number of rotatable bonds is 3. The van der Waals surface area contributed by atoms with Crippen molar-refractivity contribution in [2.45, 2.75) is 31.7 Å². The lowest BCUT2D eigenvalue weighted by Gasteiger charge is -2.28. The first-order valence-electron chi connectivity index (χ1n) is 7.29. The van der Waals surface area contributed by atoms with Gasteiger partial charge in [0.1, 0.15) is 0 Å². The molecule has 2 atom stereocenters. The van der Waals surface area contributed by atoms with Crippen LogP contribution in [-0.4, -0.2) is 34.9 Å². The molecule has 2 aliphatic heterocycles. The van der Waals surface area contributed by atoms with E-state index >= 15 is 0 Å². The van der Waals surface area contributed by atoms with Crippen molar-refractivity contribution in [2.75, 3.05) is 6.54 Å². The molecule has 0 aliphatic carbocycles. The third-order valence-corrected chi connectivity index (χ3v) is 3.70. The molecule has 0 bridgehead atoms. The molecule has 0 fully saturated rings. The Morgan fingerprint density at radius 3 is 2.88 bits per heavy atom. The lowest BCUT2D eigenvalue weighted by atomic mass is 10.0. The second-order valence-corrected chi connectivity index (χ2v) is 5.44. The van der Waals surface area contributed by atoms with E-state index in [1.165, 1.54) is 6.20 Å². The van der Waals surface area contributed by atoms with Crippen molar-refractivity contribution in [1.82, 2.24) is 9.99 Å². The molecule has 128 valence electrons. The van der Waals surface area contributed by atoms with E-state index in [4.69, 9.17) is 0 Å². The van der Waals surface area contributed by atoms with Crippen LogP contribution in [0.15, 0.2) is 41.0 Å². The number of hydrogen-bond donors (Lipinski definition) is 0. The lowest BCUT2D eigenvalue weighted by molar-refractivity contribution is -0.190. The van der Waals surface area contributed by atoms with Gasteiger partial charge in [-0.05, 0) is 31.1 Å². The Hall–Kier alpha value is -2.45. The Labute approximate surface area is 135 Å². The highest BCUT2D eigenvalue weighted by atomic mass is 19.4. The first kappa shape index (κ1) is 16.4. The maximum atomic E-state index is 14.0. The Bertz CT molecular complexity index is 714. The van der Waals surface area contributed by atoms with Gasteiger partial charge < -0.3 is 4.74 Å². The molecule has 3 rings (SSSR count). The van der Waals surface area contributed by atoms with Gasteiger partial charge >= 0.3 is 6.18 Å². The minimum atomic E-state index is -4.58. The summed E-state index contributed by atoms with van der Waals surface area (Å²) in [5.74, 6) is -1.61. The summed E-state index contributed by atoms with van der Waals surface area (Å²) in [5, 5.41) is 9.59. The van der Waals surface area contributed by atoms with E-state index in [-0.39, 0.29) is 6.04 Å².